The van der Waals surface area contributed by atoms with Crippen LogP contribution < -0.4 is 9.64 Å². The molecule has 0 fully saturated rings. The highest BCUT2D eigenvalue weighted by Gasteiger charge is 2.31. The summed E-state index contributed by atoms with van der Waals surface area (Å²) in [6, 6.07) is 13.3. The maximum atomic E-state index is 12.9. The van der Waals surface area contributed by atoms with E-state index < -0.39 is 0 Å². The Morgan fingerprint density at radius 3 is 2.73 bits per heavy atom. The van der Waals surface area contributed by atoms with Crippen LogP contribution in [0.2, 0.25) is 0 Å². The number of amidine groups is 1. The Labute approximate surface area is 129 Å². The van der Waals surface area contributed by atoms with Gasteiger partial charge in [0.25, 0.3) is 0 Å². The molecule has 22 heavy (non-hydrogen) atoms. The van der Waals surface area contributed by atoms with Crippen molar-refractivity contribution in [3.63, 3.8) is 0 Å². The molecule has 2 aliphatic heterocycles. The number of nitrogens with zero attached hydrogens (tertiary/aromatic N) is 2. The van der Waals surface area contributed by atoms with Crippen molar-refractivity contribution in [1.82, 2.24) is 0 Å². The number of methoxy groups -OCH3 is 1. The Bertz CT molecular complexity index is 795. The van der Waals surface area contributed by atoms with Crippen molar-refractivity contribution in [3.8, 4) is 5.75 Å². The minimum Gasteiger partial charge on any atom is -0.497 e. The van der Waals surface area contributed by atoms with Gasteiger partial charge < -0.3 is 9.64 Å². The van der Waals surface area contributed by atoms with E-state index in [2.05, 4.69) is 4.90 Å². The molecule has 0 aromatic heterocycles. The van der Waals surface area contributed by atoms with E-state index in [4.69, 9.17) is 9.73 Å². The Hall–Kier alpha value is -2.62. The van der Waals surface area contributed by atoms with E-state index >= 15 is 0 Å². The summed E-state index contributed by atoms with van der Waals surface area (Å²) >= 11 is 0. The Kier molecular flexibility index (Phi) is 2.96. The van der Waals surface area contributed by atoms with Crippen LogP contribution in [-0.4, -0.2) is 31.8 Å². The predicted octanol–water partition coefficient (Wildman–Crippen LogP) is 2.90. The van der Waals surface area contributed by atoms with Gasteiger partial charge in [-0.15, -0.1) is 0 Å². The molecule has 0 saturated heterocycles. The molecular formula is C18H16N2O2. The molecule has 2 heterocycles. The number of carbonyl (C=O) groups is 1. The van der Waals surface area contributed by atoms with Crippen LogP contribution in [0, 0.1) is 0 Å². The fourth-order valence-electron chi connectivity index (χ4n) is 3.15. The van der Waals surface area contributed by atoms with Crippen molar-refractivity contribution in [3.05, 3.63) is 59.2 Å². The molecule has 0 spiro atoms. The standard InChI is InChI=1S/C18H16N2O2/c1-22-12-7-8-15-16(11-12)20-10-4-9-19-18(20)14-6-3-2-5-13(14)17(15)21/h2-3,5-8,11H,4,9-10H2,1H3. The second-order valence-electron chi connectivity index (χ2n) is 5.47. The fraction of sp³-hybridized carbons (Fsp3) is 0.222. The highest BCUT2D eigenvalue weighted by atomic mass is 16.5. The summed E-state index contributed by atoms with van der Waals surface area (Å²) in [7, 11) is 1.64. The fourth-order valence-corrected chi connectivity index (χ4v) is 3.15. The van der Waals surface area contributed by atoms with Crippen LogP contribution in [-0.2, 0) is 0 Å². The molecule has 0 radical (unpaired) electrons. The van der Waals surface area contributed by atoms with Gasteiger partial charge in [0.2, 0.25) is 0 Å². The van der Waals surface area contributed by atoms with E-state index in [1.165, 1.54) is 0 Å². The molecule has 0 unspecified atom stereocenters. The van der Waals surface area contributed by atoms with E-state index in [1.54, 1.807) is 7.11 Å². The zero-order valence-electron chi connectivity index (χ0n) is 12.4. The summed E-state index contributed by atoms with van der Waals surface area (Å²) in [6.07, 6.45) is 0.983. The summed E-state index contributed by atoms with van der Waals surface area (Å²) in [5, 5.41) is 0. The summed E-state index contributed by atoms with van der Waals surface area (Å²) in [5.41, 5.74) is 3.23. The van der Waals surface area contributed by atoms with Gasteiger partial charge in [-0.1, -0.05) is 24.3 Å². The Morgan fingerprint density at radius 1 is 1.09 bits per heavy atom. The van der Waals surface area contributed by atoms with Crippen LogP contribution in [0.25, 0.3) is 0 Å². The first-order chi connectivity index (χ1) is 10.8. The SMILES string of the molecule is COc1ccc2c(c1)N1CCCN=C1c1ccccc1C2=O. The number of hydrogen-bond donors (Lipinski definition) is 0. The number of benzene rings is 2. The van der Waals surface area contributed by atoms with Gasteiger partial charge in [0.1, 0.15) is 11.6 Å². The average Bonchev–Trinajstić information content (AvgIpc) is 2.70. The molecule has 2 aromatic carbocycles. The number of carbonyl (C=O) groups excluding carboxylic acids is 1. The zero-order chi connectivity index (χ0) is 15.1. The Morgan fingerprint density at radius 2 is 1.91 bits per heavy atom. The molecule has 4 nitrogen and oxygen atoms in total. The van der Waals surface area contributed by atoms with Crippen LogP contribution in [0.4, 0.5) is 5.69 Å². The zero-order valence-corrected chi connectivity index (χ0v) is 12.4. The number of aliphatic imine (C=N–C) groups is 1. The molecule has 2 aromatic rings. The lowest BCUT2D eigenvalue weighted by molar-refractivity contribution is 0.103. The number of ketones is 1. The summed E-state index contributed by atoms with van der Waals surface area (Å²) in [5.74, 6) is 1.69. The largest absolute Gasteiger partial charge is 0.497 e. The smallest absolute Gasteiger partial charge is 0.195 e. The minimum absolute atomic E-state index is 0.0466. The first kappa shape index (κ1) is 13.1. The molecule has 0 saturated carbocycles. The van der Waals surface area contributed by atoms with Crippen LogP contribution in [0.1, 0.15) is 27.9 Å². The monoisotopic (exact) mass is 292 g/mol. The minimum atomic E-state index is 0.0466. The Balaban J connectivity index is 2.03. The number of anilines is 1. The highest BCUT2D eigenvalue weighted by Crippen LogP contribution is 2.34. The van der Waals surface area contributed by atoms with Crippen LogP contribution in [0.5, 0.6) is 5.75 Å². The normalized spacial score (nSPS) is 16.1. The summed E-state index contributed by atoms with van der Waals surface area (Å²) in [4.78, 5) is 19.8. The van der Waals surface area contributed by atoms with Gasteiger partial charge in [-0.25, -0.2) is 0 Å². The topological polar surface area (TPSA) is 41.9 Å². The van der Waals surface area contributed by atoms with Gasteiger partial charge in [-0.3, -0.25) is 9.79 Å². The lowest BCUT2D eigenvalue weighted by atomic mass is 9.99. The molecule has 0 atom stereocenters. The number of hydrogen-bond acceptors (Lipinski definition) is 4. The van der Waals surface area contributed by atoms with Crippen molar-refractivity contribution in [1.29, 1.82) is 0 Å². The molecule has 0 aliphatic carbocycles. The lowest BCUT2D eigenvalue weighted by Gasteiger charge is -2.29. The van der Waals surface area contributed by atoms with Crippen LogP contribution in [0.3, 0.4) is 0 Å². The lowest BCUT2D eigenvalue weighted by Crippen LogP contribution is -2.36. The highest BCUT2D eigenvalue weighted by molar-refractivity contribution is 6.25. The van der Waals surface area contributed by atoms with E-state index in [0.717, 1.165) is 47.9 Å². The summed E-state index contributed by atoms with van der Waals surface area (Å²) < 4.78 is 5.34. The third-order valence-corrected chi connectivity index (χ3v) is 4.21. The molecule has 0 bridgehead atoms. The van der Waals surface area contributed by atoms with E-state index in [9.17, 15) is 4.79 Å². The molecule has 110 valence electrons. The first-order valence-corrected chi connectivity index (χ1v) is 7.44. The molecule has 0 N–H and O–H groups in total. The maximum absolute atomic E-state index is 12.9. The van der Waals surface area contributed by atoms with Gasteiger partial charge in [0.15, 0.2) is 5.78 Å². The molecule has 4 rings (SSSR count). The second kappa shape index (κ2) is 4.98. The second-order valence-corrected chi connectivity index (χ2v) is 5.47. The average molecular weight is 292 g/mol. The van der Waals surface area contributed by atoms with Crippen molar-refractivity contribution in [2.75, 3.05) is 25.1 Å². The van der Waals surface area contributed by atoms with Crippen molar-refractivity contribution in [2.45, 2.75) is 6.42 Å². The number of rotatable bonds is 1. The third-order valence-electron chi connectivity index (χ3n) is 4.21. The molecule has 0 amide bonds. The quantitative estimate of drug-likeness (QED) is 0.811. The van der Waals surface area contributed by atoms with Gasteiger partial charge >= 0.3 is 0 Å². The number of fused-ring (bicyclic) bond motifs is 5. The number of ether oxygens (including phenoxy) is 1. The van der Waals surface area contributed by atoms with E-state index in [1.807, 2.05) is 42.5 Å². The van der Waals surface area contributed by atoms with Gasteiger partial charge in [0.05, 0.1) is 12.8 Å². The van der Waals surface area contributed by atoms with Gasteiger partial charge in [-0.05, 0) is 18.6 Å². The van der Waals surface area contributed by atoms with Crippen LogP contribution >= 0.6 is 0 Å². The maximum Gasteiger partial charge on any atom is 0.195 e. The molecular weight excluding hydrogens is 276 g/mol. The van der Waals surface area contributed by atoms with E-state index in [-0.39, 0.29) is 5.78 Å². The first-order valence-electron chi connectivity index (χ1n) is 7.44. The van der Waals surface area contributed by atoms with Gasteiger partial charge in [-0.2, -0.15) is 0 Å². The summed E-state index contributed by atoms with van der Waals surface area (Å²) in [6.45, 7) is 1.66. The van der Waals surface area contributed by atoms with Crippen LogP contribution in [0.15, 0.2) is 47.5 Å². The van der Waals surface area contributed by atoms with Crippen molar-refractivity contribution < 1.29 is 9.53 Å². The van der Waals surface area contributed by atoms with Gasteiger partial charge in [0, 0.05) is 35.8 Å². The predicted molar refractivity (Wildman–Crippen MR) is 86.2 cm³/mol. The molecule has 2 aliphatic rings. The van der Waals surface area contributed by atoms with E-state index in [0.29, 0.717) is 5.56 Å². The van der Waals surface area contributed by atoms with Crippen molar-refractivity contribution >= 4 is 17.3 Å². The van der Waals surface area contributed by atoms with Crippen molar-refractivity contribution in [2.24, 2.45) is 4.99 Å². The molecule has 4 heteroatoms. The third kappa shape index (κ3) is 1.84.